The molecule has 0 aliphatic heterocycles. The van der Waals surface area contributed by atoms with Gasteiger partial charge in [-0.3, -0.25) is 0 Å². The van der Waals surface area contributed by atoms with Crippen molar-refractivity contribution in [2.45, 2.75) is 0 Å². The second-order valence-electron chi connectivity index (χ2n) is 3.64. The Bertz CT molecular complexity index is 689. The van der Waals surface area contributed by atoms with Crippen molar-refractivity contribution in [2.75, 3.05) is 7.11 Å². The van der Waals surface area contributed by atoms with Gasteiger partial charge in [-0.2, -0.15) is 0 Å². The molecule has 0 aliphatic rings. The molecule has 0 atom stereocenters. The first-order chi connectivity index (χ1) is 9.93. The van der Waals surface area contributed by atoms with Gasteiger partial charge in [0.2, 0.25) is 11.6 Å². The number of esters is 1. The average Bonchev–Trinajstić information content (AvgIpc) is 2.42. The highest BCUT2D eigenvalue weighted by atomic mass is 35.5. The highest BCUT2D eigenvalue weighted by Gasteiger charge is 2.23. The number of hydrogen-bond donors (Lipinski definition) is 0. The van der Waals surface area contributed by atoms with E-state index in [1.54, 1.807) is 0 Å². The molecule has 1 aromatic heterocycles. The van der Waals surface area contributed by atoms with Crippen LogP contribution in [-0.4, -0.2) is 23.0 Å². The lowest BCUT2D eigenvalue weighted by Gasteiger charge is -2.10. The topological polar surface area (TPSA) is 61.3 Å². The van der Waals surface area contributed by atoms with Crippen LogP contribution in [-0.2, 0) is 4.74 Å². The molecule has 21 heavy (non-hydrogen) atoms. The van der Waals surface area contributed by atoms with E-state index >= 15 is 0 Å². The number of carbonyl (C=O) groups is 1. The van der Waals surface area contributed by atoms with Crippen LogP contribution in [0.25, 0.3) is 0 Å². The first-order valence-electron chi connectivity index (χ1n) is 5.35. The predicted octanol–water partition coefficient (Wildman–Crippen LogP) is 3.13. The molecule has 0 spiro atoms. The summed E-state index contributed by atoms with van der Waals surface area (Å²) in [5.41, 5.74) is -0.412. The standard InChI is InChI=1S/C12H6ClF3N2O3/c1-20-12(19)8-10(13)17-4-18-11(8)21-9-6(15)2-5(14)3-7(9)16/h2-4H,1H3. The molecule has 1 aromatic carbocycles. The molecular weight excluding hydrogens is 313 g/mol. The largest absolute Gasteiger partial charge is 0.465 e. The fourth-order valence-electron chi connectivity index (χ4n) is 1.42. The van der Waals surface area contributed by atoms with E-state index in [1.165, 1.54) is 0 Å². The Hall–Kier alpha value is -2.35. The van der Waals surface area contributed by atoms with Gasteiger partial charge in [-0.25, -0.2) is 27.9 Å². The van der Waals surface area contributed by atoms with Crippen LogP contribution < -0.4 is 4.74 Å². The fraction of sp³-hybridized carbons (Fsp3) is 0.0833. The molecule has 9 heteroatoms. The van der Waals surface area contributed by atoms with Gasteiger partial charge in [0.15, 0.2) is 22.4 Å². The molecular formula is C12H6ClF3N2O3. The summed E-state index contributed by atoms with van der Waals surface area (Å²) in [6.07, 6.45) is 0.920. The van der Waals surface area contributed by atoms with Gasteiger partial charge >= 0.3 is 5.97 Å². The molecule has 1 heterocycles. The molecule has 2 aromatic rings. The highest BCUT2D eigenvalue weighted by Crippen LogP contribution is 2.31. The van der Waals surface area contributed by atoms with Crippen LogP contribution in [0, 0.1) is 17.5 Å². The Labute approximate surface area is 121 Å². The molecule has 0 fully saturated rings. The Morgan fingerprint density at radius 3 is 2.38 bits per heavy atom. The number of nitrogens with zero attached hydrogens (tertiary/aromatic N) is 2. The van der Waals surface area contributed by atoms with Crippen molar-refractivity contribution >= 4 is 17.6 Å². The first kappa shape index (κ1) is 15.0. The normalized spacial score (nSPS) is 10.3. The third-order valence-corrected chi connectivity index (χ3v) is 2.60. The molecule has 0 amide bonds. The van der Waals surface area contributed by atoms with E-state index in [9.17, 15) is 18.0 Å². The summed E-state index contributed by atoms with van der Waals surface area (Å²) in [7, 11) is 1.06. The lowest BCUT2D eigenvalue weighted by molar-refractivity contribution is 0.0596. The summed E-state index contributed by atoms with van der Waals surface area (Å²) in [6.45, 7) is 0. The van der Waals surface area contributed by atoms with E-state index in [0.29, 0.717) is 12.1 Å². The number of aromatic nitrogens is 2. The molecule has 0 saturated heterocycles. The minimum absolute atomic E-state index is 0.324. The minimum atomic E-state index is -1.31. The summed E-state index contributed by atoms with van der Waals surface area (Å²) < 4.78 is 49.2. The molecule has 0 N–H and O–H groups in total. The maximum atomic E-state index is 13.5. The number of rotatable bonds is 3. The number of carbonyl (C=O) groups excluding carboxylic acids is 1. The van der Waals surface area contributed by atoms with Crippen molar-refractivity contribution in [3.8, 4) is 11.6 Å². The molecule has 0 saturated carbocycles. The predicted molar refractivity (Wildman–Crippen MR) is 64.8 cm³/mol. The van der Waals surface area contributed by atoms with Crippen LogP contribution in [0.5, 0.6) is 11.6 Å². The number of ether oxygens (including phenoxy) is 2. The zero-order chi connectivity index (χ0) is 15.6. The third-order valence-electron chi connectivity index (χ3n) is 2.32. The van der Waals surface area contributed by atoms with Crippen molar-refractivity contribution in [3.63, 3.8) is 0 Å². The Morgan fingerprint density at radius 1 is 1.19 bits per heavy atom. The van der Waals surface area contributed by atoms with Crippen LogP contribution in [0.1, 0.15) is 10.4 Å². The van der Waals surface area contributed by atoms with Crippen LogP contribution >= 0.6 is 11.6 Å². The van der Waals surface area contributed by atoms with E-state index in [-0.39, 0.29) is 5.15 Å². The van der Waals surface area contributed by atoms with Gasteiger partial charge in [0, 0.05) is 12.1 Å². The van der Waals surface area contributed by atoms with Crippen LogP contribution in [0.3, 0.4) is 0 Å². The monoisotopic (exact) mass is 318 g/mol. The number of halogens is 4. The van der Waals surface area contributed by atoms with Gasteiger partial charge in [0.05, 0.1) is 7.11 Å². The van der Waals surface area contributed by atoms with Crippen LogP contribution in [0.2, 0.25) is 5.15 Å². The van der Waals surface area contributed by atoms with Gasteiger partial charge in [0.1, 0.15) is 12.1 Å². The van der Waals surface area contributed by atoms with Crippen molar-refractivity contribution in [1.82, 2.24) is 9.97 Å². The molecule has 0 bridgehead atoms. The molecule has 110 valence electrons. The SMILES string of the molecule is COC(=O)c1c(Cl)ncnc1Oc1c(F)cc(F)cc1F. The fourth-order valence-corrected chi connectivity index (χ4v) is 1.63. The van der Waals surface area contributed by atoms with Gasteiger partial charge in [-0.1, -0.05) is 11.6 Å². The first-order valence-corrected chi connectivity index (χ1v) is 5.73. The van der Waals surface area contributed by atoms with Crippen molar-refractivity contribution in [2.24, 2.45) is 0 Å². The molecule has 5 nitrogen and oxygen atoms in total. The van der Waals surface area contributed by atoms with Crippen LogP contribution in [0.4, 0.5) is 13.2 Å². The van der Waals surface area contributed by atoms with Gasteiger partial charge < -0.3 is 9.47 Å². The van der Waals surface area contributed by atoms with E-state index in [1.807, 2.05) is 0 Å². The number of hydrogen-bond acceptors (Lipinski definition) is 5. The smallest absolute Gasteiger partial charge is 0.346 e. The Kier molecular flexibility index (Phi) is 4.27. The third kappa shape index (κ3) is 3.05. The number of benzene rings is 1. The van der Waals surface area contributed by atoms with Crippen molar-refractivity contribution < 1.29 is 27.4 Å². The van der Waals surface area contributed by atoms with Crippen molar-refractivity contribution in [3.05, 3.63) is 46.6 Å². The molecule has 0 unspecified atom stereocenters. The van der Waals surface area contributed by atoms with Crippen molar-refractivity contribution in [1.29, 1.82) is 0 Å². The summed E-state index contributed by atoms with van der Waals surface area (Å²) in [6, 6.07) is 0.831. The molecule has 0 aliphatic carbocycles. The molecule has 0 radical (unpaired) electrons. The lowest BCUT2D eigenvalue weighted by atomic mass is 10.3. The zero-order valence-corrected chi connectivity index (χ0v) is 11.1. The maximum Gasteiger partial charge on any atom is 0.346 e. The zero-order valence-electron chi connectivity index (χ0n) is 10.4. The summed E-state index contributed by atoms with van der Waals surface area (Å²) >= 11 is 5.69. The average molecular weight is 319 g/mol. The van der Waals surface area contributed by atoms with Gasteiger partial charge in [0.25, 0.3) is 0 Å². The maximum absolute atomic E-state index is 13.5. The van der Waals surface area contributed by atoms with Crippen LogP contribution in [0.15, 0.2) is 18.5 Å². The Balaban J connectivity index is 2.50. The summed E-state index contributed by atoms with van der Waals surface area (Å²) in [5, 5.41) is -0.324. The second kappa shape index (κ2) is 5.96. The minimum Gasteiger partial charge on any atom is -0.465 e. The van der Waals surface area contributed by atoms with Gasteiger partial charge in [-0.15, -0.1) is 0 Å². The Morgan fingerprint density at radius 2 is 1.81 bits per heavy atom. The summed E-state index contributed by atoms with van der Waals surface area (Å²) in [4.78, 5) is 18.7. The van der Waals surface area contributed by atoms with E-state index in [0.717, 1.165) is 13.4 Å². The highest BCUT2D eigenvalue weighted by molar-refractivity contribution is 6.32. The summed E-state index contributed by atoms with van der Waals surface area (Å²) in [5.74, 6) is -6.15. The second-order valence-corrected chi connectivity index (χ2v) is 3.99. The van der Waals surface area contributed by atoms with E-state index < -0.39 is 40.6 Å². The molecule has 2 rings (SSSR count). The van der Waals surface area contributed by atoms with E-state index in [4.69, 9.17) is 16.3 Å². The van der Waals surface area contributed by atoms with Gasteiger partial charge in [-0.05, 0) is 0 Å². The lowest BCUT2D eigenvalue weighted by Crippen LogP contribution is -2.08. The van der Waals surface area contributed by atoms with E-state index in [2.05, 4.69) is 14.7 Å². The quantitative estimate of drug-likeness (QED) is 0.642. The number of methoxy groups -OCH3 is 1.